The number of carbonyl (C=O) groups is 2. The Bertz CT molecular complexity index is 357. The highest BCUT2D eigenvalue weighted by Gasteiger charge is 2.29. The summed E-state index contributed by atoms with van der Waals surface area (Å²) in [7, 11) is 0. The van der Waals surface area contributed by atoms with Gasteiger partial charge in [0.15, 0.2) is 0 Å². The van der Waals surface area contributed by atoms with E-state index in [1.807, 2.05) is 13.0 Å². The molecule has 7 heteroatoms. The number of aliphatic hydroxyl groups is 2. The third kappa shape index (κ3) is 5.99. The smallest absolute Gasteiger partial charge is 0.313 e. The summed E-state index contributed by atoms with van der Waals surface area (Å²) in [5.74, 6) is -0.714. The van der Waals surface area contributed by atoms with Gasteiger partial charge < -0.3 is 14.9 Å². The average Bonchev–Trinajstić information content (AvgIpc) is 2.57. The largest absolute Gasteiger partial charge is 0.466 e. The fourth-order valence-corrected chi connectivity index (χ4v) is 4.03. The van der Waals surface area contributed by atoms with E-state index >= 15 is 0 Å². The molecule has 19 heavy (non-hydrogen) atoms. The summed E-state index contributed by atoms with van der Waals surface area (Å²) in [6, 6.07) is 0. The Labute approximate surface area is 120 Å². The highest BCUT2D eigenvalue weighted by Crippen LogP contribution is 2.45. The number of ketones is 1. The molecule has 1 rings (SSSR count). The minimum absolute atomic E-state index is 0.0468. The van der Waals surface area contributed by atoms with Crippen molar-refractivity contribution in [3.63, 3.8) is 0 Å². The van der Waals surface area contributed by atoms with Gasteiger partial charge in [0, 0.05) is 10.7 Å². The van der Waals surface area contributed by atoms with Gasteiger partial charge in [0.2, 0.25) is 0 Å². The van der Waals surface area contributed by atoms with Crippen molar-refractivity contribution in [2.45, 2.75) is 37.6 Å². The number of thioether (sulfide) groups is 2. The fraction of sp³-hybridized carbons (Fsp3) is 0.667. The van der Waals surface area contributed by atoms with Crippen LogP contribution in [0.5, 0.6) is 0 Å². The van der Waals surface area contributed by atoms with Gasteiger partial charge in [-0.15, -0.1) is 0 Å². The summed E-state index contributed by atoms with van der Waals surface area (Å²) in [4.78, 5) is 22.7. The lowest BCUT2D eigenvalue weighted by Gasteiger charge is -2.06. The molecule has 0 aliphatic carbocycles. The van der Waals surface area contributed by atoms with Crippen LogP contribution in [0.3, 0.4) is 0 Å². The van der Waals surface area contributed by atoms with Gasteiger partial charge in [-0.3, -0.25) is 9.59 Å². The molecule has 0 aromatic carbocycles. The average molecular weight is 306 g/mol. The number of esters is 1. The van der Waals surface area contributed by atoms with E-state index in [4.69, 9.17) is 4.74 Å². The first-order valence-corrected chi connectivity index (χ1v) is 7.77. The predicted molar refractivity (Wildman–Crippen MR) is 75.3 cm³/mol. The number of hydrogen-bond acceptors (Lipinski definition) is 7. The molecule has 108 valence electrons. The topological polar surface area (TPSA) is 83.8 Å². The second-order valence-electron chi connectivity index (χ2n) is 4.20. The molecule has 0 radical (unpaired) electrons. The molecule has 3 atom stereocenters. The number of carbonyl (C=O) groups excluding carboxylic acids is 2. The minimum Gasteiger partial charge on any atom is -0.466 e. The summed E-state index contributed by atoms with van der Waals surface area (Å²) in [5.41, 5.74) is -1.64. The predicted octanol–water partition coefficient (Wildman–Crippen LogP) is 1.49. The molecular formula is C12H18O5S2. The Morgan fingerprint density at radius 2 is 1.95 bits per heavy atom. The number of allylic oxidation sites excluding steroid dienone is 1. The number of hydrogen-bond donors (Lipinski definition) is 2. The quantitative estimate of drug-likeness (QED) is 0.568. The fourth-order valence-electron chi connectivity index (χ4n) is 1.56. The van der Waals surface area contributed by atoms with Gasteiger partial charge in [0.1, 0.15) is 23.1 Å². The monoisotopic (exact) mass is 306 g/mol. The lowest BCUT2D eigenvalue weighted by molar-refractivity contribution is -0.145. The van der Waals surface area contributed by atoms with Crippen LogP contribution in [-0.2, 0) is 14.3 Å². The zero-order valence-corrected chi connectivity index (χ0v) is 12.5. The van der Waals surface area contributed by atoms with Gasteiger partial charge in [-0.05, 0) is 12.8 Å². The lowest BCUT2D eigenvalue weighted by atomic mass is 10.0. The molecule has 2 N–H and O–H groups in total. The molecule has 0 aromatic heterocycles. The molecule has 1 fully saturated rings. The molecule has 1 aliphatic heterocycles. The van der Waals surface area contributed by atoms with E-state index in [2.05, 4.69) is 0 Å². The zero-order chi connectivity index (χ0) is 14.4. The molecule has 1 aliphatic rings. The van der Waals surface area contributed by atoms with Crippen LogP contribution in [-0.4, -0.2) is 39.4 Å². The highest BCUT2D eigenvalue weighted by atomic mass is 32.2. The molecule has 0 spiro atoms. The van der Waals surface area contributed by atoms with E-state index in [0.29, 0.717) is 0 Å². The Kier molecular flexibility index (Phi) is 6.92. The molecular weight excluding hydrogens is 288 g/mol. The van der Waals surface area contributed by atoms with Crippen LogP contribution in [0, 0.1) is 5.92 Å². The van der Waals surface area contributed by atoms with Crippen molar-refractivity contribution in [2.75, 3.05) is 6.61 Å². The molecule has 5 nitrogen and oxygen atoms in total. The van der Waals surface area contributed by atoms with Gasteiger partial charge in [0.05, 0.1) is 6.61 Å². The second-order valence-corrected chi connectivity index (χ2v) is 6.78. The van der Waals surface area contributed by atoms with Crippen LogP contribution in [0.25, 0.3) is 0 Å². The van der Waals surface area contributed by atoms with Crippen molar-refractivity contribution in [1.82, 2.24) is 0 Å². The molecule has 1 saturated heterocycles. The van der Waals surface area contributed by atoms with E-state index in [1.165, 1.54) is 23.5 Å². The molecule has 0 bridgehead atoms. The van der Waals surface area contributed by atoms with Gasteiger partial charge >= 0.3 is 5.97 Å². The van der Waals surface area contributed by atoms with Crippen molar-refractivity contribution in [3.05, 3.63) is 10.3 Å². The normalized spacial score (nSPS) is 24.1. The zero-order valence-electron chi connectivity index (χ0n) is 10.9. The standard InChI is InChI=1S/C12H18O5S2/c1-3-17-9(14)6-8(13)4-7(2)5-10-18-11(15)12(16)19-10/h5,7,11-12,15-16H,3-4,6H2,1-2H3. The van der Waals surface area contributed by atoms with Crippen LogP contribution < -0.4 is 0 Å². The highest BCUT2D eigenvalue weighted by molar-refractivity contribution is 8.25. The first-order chi connectivity index (χ1) is 8.92. The Morgan fingerprint density at radius 3 is 2.47 bits per heavy atom. The Morgan fingerprint density at radius 1 is 1.37 bits per heavy atom. The first-order valence-electron chi connectivity index (χ1n) is 6.01. The van der Waals surface area contributed by atoms with Crippen LogP contribution in [0.2, 0.25) is 0 Å². The van der Waals surface area contributed by atoms with Crippen LogP contribution in [0.1, 0.15) is 26.7 Å². The van der Waals surface area contributed by atoms with Crippen molar-refractivity contribution >= 4 is 35.3 Å². The summed E-state index contributed by atoms with van der Waals surface area (Å²) in [6.45, 7) is 3.82. The third-order valence-corrected chi connectivity index (χ3v) is 4.82. The van der Waals surface area contributed by atoms with Crippen LogP contribution in [0.15, 0.2) is 10.3 Å². The van der Waals surface area contributed by atoms with Gasteiger partial charge in [-0.1, -0.05) is 36.5 Å². The van der Waals surface area contributed by atoms with E-state index < -0.39 is 16.8 Å². The Hall–Kier alpha value is -0.500. The molecule has 0 amide bonds. The summed E-state index contributed by atoms with van der Waals surface area (Å²) < 4.78 is 5.51. The van der Waals surface area contributed by atoms with Gasteiger partial charge in [-0.2, -0.15) is 0 Å². The lowest BCUT2D eigenvalue weighted by Crippen LogP contribution is -2.13. The van der Waals surface area contributed by atoms with Gasteiger partial charge in [0.25, 0.3) is 0 Å². The second kappa shape index (κ2) is 7.94. The van der Waals surface area contributed by atoms with E-state index in [0.717, 1.165) is 4.24 Å². The van der Waals surface area contributed by atoms with Crippen molar-refractivity contribution in [2.24, 2.45) is 5.92 Å². The number of ether oxygens (including phenoxy) is 1. The van der Waals surface area contributed by atoms with Gasteiger partial charge in [-0.25, -0.2) is 0 Å². The summed E-state index contributed by atoms with van der Waals surface area (Å²) in [5, 5.41) is 18.7. The van der Waals surface area contributed by atoms with Crippen molar-refractivity contribution < 1.29 is 24.5 Å². The molecule has 1 heterocycles. The van der Waals surface area contributed by atoms with Crippen LogP contribution in [0.4, 0.5) is 0 Å². The maximum atomic E-state index is 11.6. The molecule has 0 saturated carbocycles. The molecule has 3 unspecified atom stereocenters. The van der Waals surface area contributed by atoms with Crippen molar-refractivity contribution in [3.8, 4) is 0 Å². The van der Waals surface area contributed by atoms with Crippen molar-refractivity contribution in [1.29, 1.82) is 0 Å². The third-order valence-electron chi connectivity index (χ3n) is 2.33. The number of aliphatic hydroxyl groups excluding tert-OH is 2. The van der Waals surface area contributed by atoms with E-state index in [1.54, 1.807) is 6.92 Å². The first kappa shape index (κ1) is 16.6. The summed E-state index contributed by atoms with van der Waals surface area (Å²) >= 11 is 2.36. The minimum atomic E-state index is -0.821. The molecule has 0 aromatic rings. The van der Waals surface area contributed by atoms with Crippen LogP contribution >= 0.6 is 23.5 Å². The SMILES string of the molecule is CCOC(=O)CC(=O)CC(C)C=C1SC(O)C(O)S1. The Balaban J connectivity index is 2.39. The maximum Gasteiger partial charge on any atom is 0.313 e. The van der Waals surface area contributed by atoms with E-state index in [-0.39, 0.29) is 31.1 Å². The number of Topliss-reactive ketones (excluding diaryl/α,β-unsaturated/α-hetero) is 1. The number of rotatable bonds is 6. The maximum absolute atomic E-state index is 11.6. The summed E-state index contributed by atoms with van der Waals surface area (Å²) in [6.07, 6.45) is 1.88. The van der Waals surface area contributed by atoms with E-state index in [9.17, 15) is 19.8 Å².